The van der Waals surface area contributed by atoms with Gasteiger partial charge in [0.05, 0.1) is 11.2 Å². The molecule has 3 rings (SSSR count). The second-order valence-corrected chi connectivity index (χ2v) is 6.78. The van der Waals surface area contributed by atoms with Crippen LogP contribution in [0.2, 0.25) is 5.02 Å². The fourth-order valence-corrected chi connectivity index (χ4v) is 3.04. The molecular weight excluding hydrogens is 415 g/mol. The minimum absolute atomic E-state index is 0.704. The second kappa shape index (κ2) is 6.34. The number of fused-ring (bicyclic) bond motifs is 1. The molecule has 0 saturated heterocycles. The van der Waals surface area contributed by atoms with Crippen molar-refractivity contribution in [3.8, 4) is 0 Å². The molecule has 0 atom stereocenters. The first-order valence-corrected chi connectivity index (χ1v) is 8.32. The molecule has 0 aliphatic rings. The molecule has 0 aliphatic carbocycles. The number of aromatic nitrogens is 1. The fraction of sp³-hybridized carbons (Fsp3) is 0.0625. The predicted molar refractivity (Wildman–Crippen MR) is 95.9 cm³/mol. The predicted octanol–water partition coefficient (Wildman–Crippen LogP) is 6.03. The van der Waals surface area contributed by atoms with Gasteiger partial charge in [0.15, 0.2) is 0 Å². The molecule has 1 heterocycles. The fourth-order valence-electron chi connectivity index (χ4n) is 2.14. The molecule has 2 nitrogen and oxygen atoms in total. The molecule has 0 unspecified atom stereocenters. The number of anilines is 1. The highest BCUT2D eigenvalue weighted by Gasteiger charge is 2.05. The number of benzene rings is 2. The Morgan fingerprint density at radius 1 is 1.05 bits per heavy atom. The van der Waals surface area contributed by atoms with E-state index in [9.17, 15) is 0 Å². The van der Waals surface area contributed by atoms with Crippen molar-refractivity contribution in [1.29, 1.82) is 0 Å². The highest BCUT2D eigenvalue weighted by atomic mass is 79.9. The molecule has 0 spiro atoms. The van der Waals surface area contributed by atoms with E-state index in [0.717, 1.165) is 25.5 Å². The standard InChI is InChI=1S/C16H11Br2ClN2/c17-13-4-3-10(6-14(13)18)9-21-15-8-12(19)7-11-2-1-5-20-16(11)15/h1-8,21H,9H2. The summed E-state index contributed by atoms with van der Waals surface area (Å²) in [5, 5.41) is 5.14. The molecule has 0 radical (unpaired) electrons. The molecule has 1 N–H and O–H groups in total. The first-order chi connectivity index (χ1) is 10.1. The first kappa shape index (κ1) is 14.8. The second-order valence-electron chi connectivity index (χ2n) is 4.63. The van der Waals surface area contributed by atoms with Crippen molar-refractivity contribution in [2.45, 2.75) is 6.54 Å². The van der Waals surface area contributed by atoms with Crippen LogP contribution in [0.5, 0.6) is 0 Å². The molecular formula is C16H11Br2ClN2. The third-order valence-corrected chi connectivity index (χ3v) is 5.23. The topological polar surface area (TPSA) is 24.9 Å². The normalized spacial score (nSPS) is 10.8. The van der Waals surface area contributed by atoms with Crippen LogP contribution in [0.25, 0.3) is 10.9 Å². The lowest BCUT2D eigenvalue weighted by Crippen LogP contribution is -2.01. The van der Waals surface area contributed by atoms with Gasteiger partial charge in [0.1, 0.15) is 0 Å². The smallest absolute Gasteiger partial charge is 0.0934 e. The minimum Gasteiger partial charge on any atom is -0.379 e. The highest BCUT2D eigenvalue weighted by molar-refractivity contribution is 9.13. The summed E-state index contributed by atoms with van der Waals surface area (Å²) in [6, 6.07) is 13.9. The van der Waals surface area contributed by atoms with Crippen LogP contribution in [-0.4, -0.2) is 4.98 Å². The lowest BCUT2D eigenvalue weighted by atomic mass is 10.1. The van der Waals surface area contributed by atoms with Crippen molar-refractivity contribution in [2.24, 2.45) is 0 Å². The van der Waals surface area contributed by atoms with Gasteiger partial charge < -0.3 is 5.32 Å². The van der Waals surface area contributed by atoms with Crippen LogP contribution in [0.15, 0.2) is 57.6 Å². The summed E-state index contributed by atoms with van der Waals surface area (Å²) in [4.78, 5) is 4.43. The monoisotopic (exact) mass is 424 g/mol. The van der Waals surface area contributed by atoms with Gasteiger partial charge in [0.25, 0.3) is 0 Å². The molecule has 0 aliphatic heterocycles. The third kappa shape index (κ3) is 3.39. The summed E-state index contributed by atoms with van der Waals surface area (Å²) in [5.41, 5.74) is 3.05. The summed E-state index contributed by atoms with van der Waals surface area (Å²) in [7, 11) is 0. The Morgan fingerprint density at radius 2 is 1.90 bits per heavy atom. The lowest BCUT2D eigenvalue weighted by molar-refractivity contribution is 1.14. The minimum atomic E-state index is 0.704. The number of nitrogens with zero attached hydrogens (tertiary/aromatic N) is 1. The first-order valence-electron chi connectivity index (χ1n) is 6.35. The van der Waals surface area contributed by atoms with E-state index in [1.54, 1.807) is 6.20 Å². The summed E-state index contributed by atoms with van der Waals surface area (Å²) in [6.45, 7) is 0.706. The number of pyridine rings is 1. The molecule has 3 aromatic rings. The zero-order chi connectivity index (χ0) is 14.8. The van der Waals surface area contributed by atoms with Crippen molar-refractivity contribution in [2.75, 3.05) is 5.32 Å². The van der Waals surface area contributed by atoms with Crippen LogP contribution in [-0.2, 0) is 6.54 Å². The summed E-state index contributed by atoms with van der Waals surface area (Å²) >= 11 is 13.2. The molecule has 1 aromatic heterocycles. The Morgan fingerprint density at radius 3 is 2.71 bits per heavy atom. The van der Waals surface area contributed by atoms with Gasteiger partial charge in [-0.05, 0) is 67.8 Å². The van der Waals surface area contributed by atoms with Crippen molar-refractivity contribution >= 4 is 60.1 Å². The summed E-state index contributed by atoms with van der Waals surface area (Å²) in [5.74, 6) is 0. The van der Waals surface area contributed by atoms with E-state index >= 15 is 0 Å². The quantitative estimate of drug-likeness (QED) is 0.553. The van der Waals surface area contributed by atoms with Gasteiger partial charge in [-0.15, -0.1) is 0 Å². The molecule has 21 heavy (non-hydrogen) atoms. The average molecular weight is 427 g/mol. The molecule has 5 heteroatoms. The van der Waals surface area contributed by atoms with Gasteiger partial charge in [0.2, 0.25) is 0 Å². The van der Waals surface area contributed by atoms with Crippen LogP contribution >= 0.6 is 43.5 Å². The maximum atomic E-state index is 6.17. The third-order valence-electron chi connectivity index (χ3n) is 3.14. The Hall–Kier alpha value is -1.10. The molecule has 0 bridgehead atoms. The zero-order valence-corrected chi connectivity index (χ0v) is 14.8. The Kier molecular flexibility index (Phi) is 4.48. The van der Waals surface area contributed by atoms with E-state index in [0.29, 0.717) is 11.6 Å². The molecule has 2 aromatic carbocycles. The zero-order valence-electron chi connectivity index (χ0n) is 10.9. The van der Waals surface area contributed by atoms with Crippen LogP contribution < -0.4 is 5.32 Å². The summed E-state index contributed by atoms with van der Waals surface area (Å²) < 4.78 is 2.08. The van der Waals surface area contributed by atoms with Crippen LogP contribution in [0.1, 0.15) is 5.56 Å². The van der Waals surface area contributed by atoms with Gasteiger partial charge in [-0.2, -0.15) is 0 Å². The van der Waals surface area contributed by atoms with Crippen LogP contribution in [0.3, 0.4) is 0 Å². The van der Waals surface area contributed by atoms with Gasteiger partial charge in [-0.1, -0.05) is 23.7 Å². The number of halogens is 3. The van der Waals surface area contributed by atoms with Gasteiger partial charge in [0, 0.05) is 32.1 Å². The van der Waals surface area contributed by atoms with Gasteiger partial charge in [-0.25, -0.2) is 0 Å². The molecule has 106 valence electrons. The molecule has 0 amide bonds. The van der Waals surface area contributed by atoms with E-state index < -0.39 is 0 Å². The Balaban J connectivity index is 1.89. The Bertz CT molecular complexity index is 805. The number of hydrogen-bond acceptors (Lipinski definition) is 2. The van der Waals surface area contributed by atoms with Crippen molar-refractivity contribution in [3.05, 3.63) is 68.2 Å². The van der Waals surface area contributed by atoms with Crippen LogP contribution in [0.4, 0.5) is 5.69 Å². The summed E-state index contributed by atoms with van der Waals surface area (Å²) in [6.07, 6.45) is 1.79. The lowest BCUT2D eigenvalue weighted by Gasteiger charge is -2.10. The van der Waals surface area contributed by atoms with Crippen molar-refractivity contribution < 1.29 is 0 Å². The largest absolute Gasteiger partial charge is 0.379 e. The number of hydrogen-bond donors (Lipinski definition) is 1. The van der Waals surface area contributed by atoms with Crippen LogP contribution in [0, 0.1) is 0 Å². The maximum Gasteiger partial charge on any atom is 0.0934 e. The molecule has 0 fully saturated rings. The maximum absolute atomic E-state index is 6.17. The van der Waals surface area contributed by atoms with E-state index in [2.05, 4.69) is 54.3 Å². The SMILES string of the molecule is Clc1cc(NCc2ccc(Br)c(Br)c2)c2ncccc2c1. The molecule has 0 saturated carbocycles. The van der Waals surface area contributed by atoms with Crippen molar-refractivity contribution in [1.82, 2.24) is 4.98 Å². The van der Waals surface area contributed by atoms with E-state index in [1.807, 2.05) is 30.3 Å². The van der Waals surface area contributed by atoms with Gasteiger partial charge >= 0.3 is 0 Å². The average Bonchev–Trinajstić information content (AvgIpc) is 2.48. The van der Waals surface area contributed by atoms with E-state index in [-0.39, 0.29) is 0 Å². The number of rotatable bonds is 3. The number of nitrogens with one attached hydrogen (secondary N) is 1. The van der Waals surface area contributed by atoms with Gasteiger partial charge in [-0.3, -0.25) is 4.98 Å². The van der Waals surface area contributed by atoms with Crippen molar-refractivity contribution in [3.63, 3.8) is 0 Å². The highest BCUT2D eigenvalue weighted by Crippen LogP contribution is 2.28. The Labute approximate surface area is 144 Å². The van der Waals surface area contributed by atoms with E-state index in [1.165, 1.54) is 5.56 Å². The van der Waals surface area contributed by atoms with E-state index in [4.69, 9.17) is 11.6 Å².